The molecular weight excluding hydrogens is 212 g/mol. The summed E-state index contributed by atoms with van der Waals surface area (Å²) in [5, 5.41) is 18.3. The largest absolute Gasteiger partial charge is 0.514 e. The lowest BCUT2D eigenvalue weighted by atomic mass is 10.2. The molecule has 0 fully saturated rings. The molecular formula is C11H14O5. The van der Waals surface area contributed by atoms with Crippen LogP contribution in [0.25, 0.3) is 0 Å². The number of hydrogen-bond acceptors (Lipinski definition) is 5. The fourth-order valence-electron chi connectivity index (χ4n) is 0.994. The van der Waals surface area contributed by atoms with Crippen LogP contribution >= 0.6 is 0 Å². The zero-order valence-corrected chi connectivity index (χ0v) is 9.35. The first-order chi connectivity index (χ1) is 7.26. The molecule has 2 N–H and O–H groups in total. The molecule has 1 rings (SSSR count). The Kier molecular flexibility index (Phi) is 3.27. The average Bonchev–Trinajstić information content (AvgIpc) is 1.96. The first-order valence-electron chi connectivity index (χ1n) is 4.70. The Hall–Kier alpha value is -1.91. The number of carbonyl (C=O) groups is 1. The topological polar surface area (TPSA) is 76.0 Å². The molecule has 5 heteroatoms. The van der Waals surface area contributed by atoms with Crippen LogP contribution in [0.3, 0.4) is 0 Å². The Morgan fingerprint density at radius 1 is 1.12 bits per heavy atom. The van der Waals surface area contributed by atoms with E-state index in [1.807, 2.05) is 0 Å². The van der Waals surface area contributed by atoms with E-state index in [1.54, 1.807) is 20.8 Å². The van der Waals surface area contributed by atoms with Crippen molar-refractivity contribution in [2.45, 2.75) is 26.4 Å². The maximum atomic E-state index is 11.2. The van der Waals surface area contributed by atoms with Gasteiger partial charge >= 0.3 is 6.16 Å². The summed E-state index contributed by atoms with van der Waals surface area (Å²) in [7, 11) is 0. The van der Waals surface area contributed by atoms with Crippen molar-refractivity contribution in [3.8, 4) is 17.2 Å². The molecule has 0 amide bonds. The predicted octanol–water partition coefficient (Wildman–Crippen LogP) is 2.41. The summed E-state index contributed by atoms with van der Waals surface area (Å²) >= 11 is 0. The van der Waals surface area contributed by atoms with Gasteiger partial charge in [0.15, 0.2) is 0 Å². The van der Waals surface area contributed by atoms with Gasteiger partial charge in [0.2, 0.25) is 0 Å². The molecule has 0 spiro atoms. The van der Waals surface area contributed by atoms with Gasteiger partial charge in [-0.2, -0.15) is 0 Å². The van der Waals surface area contributed by atoms with E-state index in [2.05, 4.69) is 0 Å². The zero-order chi connectivity index (χ0) is 12.3. The van der Waals surface area contributed by atoms with E-state index in [1.165, 1.54) is 12.1 Å². The standard InChI is InChI=1S/C11H14O5/c1-11(2,3)16-10(14)15-9-5-7(12)4-8(13)6-9/h4-6,12-13H,1-3H3. The molecule has 0 aliphatic carbocycles. The molecule has 0 atom stereocenters. The molecule has 0 aromatic heterocycles. The Morgan fingerprint density at radius 2 is 1.62 bits per heavy atom. The molecule has 88 valence electrons. The van der Waals surface area contributed by atoms with Crippen molar-refractivity contribution in [3.63, 3.8) is 0 Å². The van der Waals surface area contributed by atoms with Gasteiger partial charge in [-0.25, -0.2) is 4.79 Å². The summed E-state index contributed by atoms with van der Waals surface area (Å²) < 4.78 is 9.67. The van der Waals surface area contributed by atoms with Gasteiger partial charge in [0.25, 0.3) is 0 Å². The van der Waals surface area contributed by atoms with Gasteiger partial charge in [-0.3, -0.25) is 0 Å². The third kappa shape index (κ3) is 4.08. The maximum absolute atomic E-state index is 11.2. The molecule has 0 aliphatic heterocycles. The summed E-state index contributed by atoms with van der Waals surface area (Å²) in [6, 6.07) is 3.52. The fraction of sp³-hybridized carbons (Fsp3) is 0.364. The van der Waals surface area contributed by atoms with Crippen LogP contribution in [0.4, 0.5) is 4.79 Å². The third-order valence-corrected chi connectivity index (χ3v) is 1.47. The average molecular weight is 226 g/mol. The monoisotopic (exact) mass is 226 g/mol. The highest BCUT2D eigenvalue weighted by atomic mass is 16.7. The van der Waals surface area contributed by atoms with Gasteiger partial charge in [-0.15, -0.1) is 0 Å². The highest BCUT2D eigenvalue weighted by molar-refractivity contribution is 5.65. The minimum absolute atomic E-state index is 0.0201. The van der Waals surface area contributed by atoms with Crippen LogP contribution in [-0.2, 0) is 4.74 Å². The van der Waals surface area contributed by atoms with Crippen molar-refractivity contribution in [1.82, 2.24) is 0 Å². The molecule has 0 heterocycles. The number of carbonyl (C=O) groups excluding carboxylic acids is 1. The Balaban J connectivity index is 2.70. The van der Waals surface area contributed by atoms with Crippen LogP contribution in [0, 0.1) is 0 Å². The minimum atomic E-state index is -0.891. The Labute approximate surface area is 93.2 Å². The molecule has 5 nitrogen and oxygen atoms in total. The molecule has 16 heavy (non-hydrogen) atoms. The number of rotatable bonds is 1. The van der Waals surface area contributed by atoms with Gasteiger partial charge in [0, 0.05) is 18.2 Å². The van der Waals surface area contributed by atoms with Gasteiger partial charge in [0.1, 0.15) is 22.8 Å². The van der Waals surface area contributed by atoms with Crippen LogP contribution in [0.15, 0.2) is 18.2 Å². The van der Waals surface area contributed by atoms with Crippen molar-refractivity contribution in [2.24, 2.45) is 0 Å². The second-order valence-electron chi connectivity index (χ2n) is 4.25. The Bertz CT molecular complexity index is 372. The predicted molar refractivity (Wildman–Crippen MR) is 56.6 cm³/mol. The SMILES string of the molecule is CC(C)(C)OC(=O)Oc1cc(O)cc(O)c1. The summed E-state index contributed by atoms with van der Waals surface area (Å²) in [5.41, 5.74) is -0.657. The second-order valence-corrected chi connectivity index (χ2v) is 4.25. The highest BCUT2D eigenvalue weighted by Gasteiger charge is 2.18. The molecule has 0 unspecified atom stereocenters. The summed E-state index contributed by atoms with van der Waals surface area (Å²) in [4.78, 5) is 11.2. The number of ether oxygens (including phenoxy) is 2. The minimum Gasteiger partial charge on any atom is -0.508 e. The summed E-state index contributed by atoms with van der Waals surface area (Å²) in [6.45, 7) is 5.11. The van der Waals surface area contributed by atoms with E-state index in [0.29, 0.717) is 0 Å². The van der Waals surface area contributed by atoms with Crippen molar-refractivity contribution >= 4 is 6.16 Å². The van der Waals surface area contributed by atoms with Crippen molar-refractivity contribution < 1.29 is 24.5 Å². The molecule has 0 aliphatic rings. The van der Waals surface area contributed by atoms with Crippen LogP contribution in [0.1, 0.15) is 20.8 Å². The van der Waals surface area contributed by atoms with Gasteiger partial charge in [0.05, 0.1) is 0 Å². The van der Waals surface area contributed by atoms with Crippen LogP contribution in [0.2, 0.25) is 0 Å². The van der Waals surface area contributed by atoms with E-state index < -0.39 is 11.8 Å². The molecule has 0 radical (unpaired) electrons. The third-order valence-electron chi connectivity index (χ3n) is 1.47. The normalized spacial score (nSPS) is 10.9. The summed E-state index contributed by atoms with van der Waals surface area (Å²) in [5.74, 6) is -0.371. The zero-order valence-electron chi connectivity index (χ0n) is 9.35. The Morgan fingerprint density at radius 3 is 2.06 bits per heavy atom. The quantitative estimate of drug-likeness (QED) is 0.568. The van der Waals surface area contributed by atoms with Crippen LogP contribution in [0.5, 0.6) is 17.2 Å². The number of hydrogen-bond donors (Lipinski definition) is 2. The fourth-order valence-corrected chi connectivity index (χ4v) is 0.994. The summed E-state index contributed by atoms with van der Waals surface area (Å²) in [6.07, 6.45) is -0.891. The number of phenols is 2. The highest BCUT2D eigenvalue weighted by Crippen LogP contribution is 2.26. The van der Waals surface area contributed by atoms with Gasteiger partial charge in [-0.1, -0.05) is 0 Å². The van der Waals surface area contributed by atoms with Crippen molar-refractivity contribution in [1.29, 1.82) is 0 Å². The lowest BCUT2D eigenvalue weighted by molar-refractivity contribution is 0.0206. The smallest absolute Gasteiger partial charge is 0.508 e. The molecule has 1 aromatic rings. The van der Waals surface area contributed by atoms with Crippen LogP contribution < -0.4 is 4.74 Å². The van der Waals surface area contributed by atoms with Crippen LogP contribution in [-0.4, -0.2) is 22.0 Å². The maximum Gasteiger partial charge on any atom is 0.514 e. The first kappa shape index (κ1) is 12.2. The van der Waals surface area contributed by atoms with E-state index in [9.17, 15) is 4.79 Å². The first-order valence-corrected chi connectivity index (χ1v) is 4.70. The van der Waals surface area contributed by atoms with E-state index in [-0.39, 0.29) is 17.2 Å². The lowest BCUT2D eigenvalue weighted by Crippen LogP contribution is -2.25. The van der Waals surface area contributed by atoms with Gasteiger partial charge in [-0.05, 0) is 20.8 Å². The molecule has 1 aromatic carbocycles. The van der Waals surface area contributed by atoms with E-state index >= 15 is 0 Å². The van der Waals surface area contributed by atoms with Crippen molar-refractivity contribution in [2.75, 3.05) is 0 Å². The van der Waals surface area contributed by atoms with Gasteiger partial charge < -0.3 is 19.7 Å². The molecule has 0 saturated heterocycles. The number of benzene rings is 1. The van der Waals surface area contributed by atoms with E-state index in [4.69, 9.17) is 19.7 Å². The van der Waals surface area contributed by atoms with Crippen molar-refractivity contribution in [3.05, 3.63) is 18.2 Å². The van der Waals surface area contributed by atoms with E-state index in [0.717, 1.165) is 6.07 Å². The molecule has 0 saturated carbocycles. The number of phenolic OH excluding ortho intramolecular Hbond substituents is 2. The molecule has 0 bridgehead atoms. The second kappa shape index (κ2) is 4.30. The lowest BCUT2D eigenvalue weighted by Gasteiger charge is -2.18. The number of aromatic hydroxyl groups is 2.